The van der Waals surface area contributed by atoms with Gasteiger partial charge in [-0.1, -0.05) is 48.5 Å². The average Bonchev–Trinajstić information content (AvgIpc) is 3.28. The number of imide groups is 2. The summed E-state index contributed by atoms with van der Waals surface area (Å²) in [6.45, 7) is 4.85. The largest absolute Gasteiger partial charge is 0.508 e. The van der Waals surface area contributed by atoms with E-state index in [4.69, 9.17) is 0 Å². The number of benzene rings is 4. The van der Waals surface area contributed by atoms with Crippen molar-refractivity contribution in [2.24, 2.45) is 5.41 Å². The predicted molar refractivity (Wildman–Crippen MR) is 212 cm³/mol. The first-order valence-corrected chi connectivity index (χ1v) is 20.2. The Morgan fingerprint density at radius 3 is 2.23 bits per heavy atom. The highest BCUT2D eigenvalue weighted by atomic mass is 16.3. The number of rotatable bonds is 6. The van der Waals surface area contributed by atoms with E-state index in [2.05, 4.69) is 75.8 Å². The quantitative estimate of drug-likeness (QED) is 0.270. The van der Waals surface area contributed by atoms with Crippen molar-refractivity contribution in [3.05, 3.63) is 129 Å². The number of amides is 5. The van der Waals surface area contributed by atoms with Crippen LogP contribution in [0.25, 0.3) is 0 Å². The van der Waals surface area contributed by atoms with Gasteiger partial charge in [-0.25, -0.2) is 0 Å². The van der Waals surface area contributed by atoms with Crippen LogP contribution < -0.4 is 10.2 Å². The second-order valence-electron chi connectivity index (χ2n) is 17.0. The zero-order valence-electron chi connectivity index (χ0n) is 31.8. The lowest BCUT2D eigenvalue weighted by Gasteiger charge is -2.61. The summed E-state index contributed by atoms with van der Waals surface area (Å²) < 4.78 is 0. The van der Waals surface area contributed by atoms with E-state index in [1.807, 2.05) is 17.0 Å². The summed E-state index contributed by atoms with van der Waals surface area (Å²) in [4.78, 5) is 72.1. The number of anilines is 1. The number of hydrogen-bond acceptors (Lipinski definition) is 8. The van der Waals surface area contributed by atoms with Crippen molar-refractivity contribution >= 4 is 35.2 Å². The number of hydrogen-bond donors (Lipinski definition) is 2. The minimum absolute atomic E-state index is 0.0779. The number of carbonyl (C=O) groups excluding carboxylic acids is 5. The topological polar surface area (TPSA) is 131 Å². The monoisotopic (exact) mass is 763 g/mol. The summed E-state index contributed by atoms with van der Waals surface area (Å²) in [5.74, 6) is -1.03. The molecule has 2 N–H and O–H groups in total. The van der Waals surface area contributed by atoms with E-state index in [-0.39, 0.29) is 35.6 Å². The molecule has 0 bridgehead atoms. The van der Waals surface area contributed by atoms with Gasteiger partial charge in [-0.05, 0) is 114 Å². The molecular weight excluding hydrogens is 719 g/mol. The number of nitrogens with zero attached hydrogens (tertiary/aromatic N) is 4. The number of carbonyl (C=O) groups is 5. The summed E-state index contributed by atoms with van der Waals surface area (Å²) in [5.41, 5.74) is 8.95. The predicted octanol–water partition coefficient (Wildman–Crippen LogP) is 4.75. The average molecular weight is 764 g/mol. The number of aryl methyl sites for hydroxylation is 2. The van der Waals surface area contributed by atoms with Crippen molar-refractivity contribution in [2.45, 2.75) is 62.9 Å². The molecule has 1 unspecified atom stereocenters. The van der Waals surface area contributed by atoms with Gasteiger partial charge in [-0.3, -0.25) is 39.1 Å². The molecule has 57 heavy (non-hydrogen) atoms. The Morgan fingerprint density at radius 2 is 1.49 bits per heavy atom. The molecule has 0 radical (unpaired) electrons. The Labute approximate surface area is 331 Å². The molecule has 11 nitrogen and oxygen atoms in total. The van der Waals surface area contributed by atoms with Gasteiger partial charge in [-0.2, -0.15) is 0 Å². The normalized spacial score (nSPS) is 23.9. The molecule has 3 atom stereocenters. The molecule has 5 heterocycles. The Bertz CT molecular complexity index is 2330. The first kappa shape index (κ1) is 35.6. The van der Waals surface area contributed by atoms with Crippen LogP contribution in [0.4, 0.5) is 5.69 Å². The van der Waals surface area contributed by atoms with Gasteiger partial charge in [0.1, 0.15) is 11.8 Å². The number of fused-ring (bicyclic) bond motifs is 3. The smallest absolute Gasteiger partial charge is 0.262 e. The lowest BCUT2D eigenvalue weighted by Crippen LogP contribution is -2.73. The van der Waals surface area contributed by atoms with Crippen molar-refractivity contribution < 1.29 is 29.1 Å². The SMILES string of the molecule is O=C1CCC(N2C(=O)c3cc4c(cc3C2=O)CN(CC(=O)N2CC3(C2)CN(c2ccc([C@H]5c6ccc(O)cc6CC[C@H]5c5ccccc5)cc2)C3)CCC4)C(=O)N1. The number of phenolic OH excluding ortho intramolecular Hbond substituents is 1. The van der Waals surface area contributed by atoms with Crippen LogP contribution >= 0.6 is 0 Å². The molecule has 11 heteroatoms. The van der Waals surface area contributed by atoms with Crippen LogP contribution in [0.2, 0.25) is 0 Å². The second kappa shape index (κ2) is 13.7. The zero-order valence-corrected chi connectivity index (χ0v) is 31.8. The van der Waals surface area contributed by atoms with E-state index in [0.29, 0.717) is 30.3 Å². The van der Waals surface area contributed by atoms with Crippen molar-refractivity contribution in [1.29, 1.82) is 0 Å². The van der Waals surface area contributed by atoms with E-state index in [1.54, 1.807) is 12.1 Å². The summed E-state index contributed by atoms with van der Waals surface area (Å²) >= 11 is 0. The third-order valence-corrected chi connectivity index (χ3v) is 13.3. The molecule has 5 amide bonds. The van der Waals surface area contributed by atoms with Gasteiger partial charge < -0.3 is 14.9 Å². The van der Waals surface area contributed by atoms with Crippen molar-refractivity contribution in [1.82, 2.24) is 20.0 Å². The van der Waals surface area contributed by atoms with Gasteiger partial charge >= 0.3 is 0 Å². The van der Waals surface area contributed by atoms with Gasteiger partial charge in [-0.15, -0.1) is 0 Å². The minimum Gasteiger partial charge on any atom is -0.508 e. The third kappa shape index (κ3) is 6.19. The maximum atomic E-state index is 13.6. The van der Waals surface area contributed by atoms with Gasteiger partial charge in [0.2, 0.25) is 17.7 Å². The van der Waals surface area contributed by atoms with Crippen molar-refractivity contribution in [3.63, 3.8) is 0 Å². The van der Waals surface area contributed by atoms with E-state index >= 15 is 0 Å². The molecule has 3 fully saturated rings. The van der Waals surface area contributed by atoms with E-state index in [1.165, 1.54) is 27.9 Å². The highest BCUT2D eigenvalue weighted by molar-refractivity contribution is 6.23. The summed E-state index contributed by atoms with van der Waals surface area (Å²) in [6, 6.07) is 28.2. The van der Waals surface area contributed by atoms with E-state index in [0.717, 1.165) is 74.4 Å². The molecule has 1 aliphatic carbocycles. The zero-order chi connectivity index (χ0) is 39.0. The number of likely N-dealkylation sites (tertiary alicyclic amines) is 1. The molecule has 5 aliphatic heterocycles. The first-order valence-electron chi connectivity index (χ1n) is 20.2. The van der Waals surface area contributed by atoms with Crippen LogP contribution in [0.1, 0.15) is 91.6 Å². The van der Waals surface area contributed by atoms with Crippen LogP contribution in [0, 0.1) is 5.41 Å². The molecule has 10 rings (SSSR count). The summed E-state index contributed by atoms with van der Waals surface area (Å²) in [7, 11) is 0. The van der Waals surface area contributed by atoms with Crippen LogP contribution in [0.15, 0.2) is 84.9 Å². The molecule has 4 aromatic rings. The standard InChI is InChI=1S/C46H45N5O6/c52-34-13-15-36-31(19-34)10-14-35(28-5-2-1-3-6-28)42(36)29-8-11-33(12-9-29)49-24-46(25-49)26-50(27-46)41(54)23-48-18-4-7-30-20-37-38(21-32(30)22-48)45(57)51(44(37)56)39-16-17-40(53)47-43(39)55/h1-3,5-6,8-9,11-13,15,19-21,35,39,42,52H,4,7,10,14,16-18,22-27H2,(H,47,53,55)/t35-,39?,42+/m0/s1. The molecule has 6 aliphatic rings. The fraction of sp³-hybridized carbons (Fsp3) is 0.370. The molecule has 290 valence electrons. The van der Waals surface area contributed by atoms with E-state index < -0.39 is 29.7 Å². The highest BCUT2D eigenvalue weighted by Gasteiger charge is 2.53. The minimum atomic E-state index is -0.997. The van der Waals surface area contributed by atoms with Crippen LogP contribution in [-0.4, -0.2) is 94.7 Å². The number of piperidine rings is 1. The first-order chi connectivity index (χ1) is 27.6. The summed E-state index contributed by atoms with van der Waals surface area (Å²) in [6.07, 6.45) is 3.71. The second-order valence-corrected chi connectivity index (χ2v) is 17.0. The van der Waals surface area contributed by atoms with Crippen LogP contribution in [0.5, 0.6) is 5.75 Å². The number of nitrogens with one attached hydrogen (secondary N) is 1. The molecular formula is C46H45N5O6. The Balaban J connectivity index is 0.760. The molecule has 1 spiro atoms. The van der Waals surface area contributed by atoms with Gasteiger partial charge in [0.15, 0.2) is 0 Å². The highest BCUT2D eigenvalue weighted by Crippen LogP contribution is 2.48. The molecule has 0 aromatic heterocycles. The third-order valence-electron chi connectivity index (χ3n) is 13.3. The Morgan fingerprint density at radius 1 is 0.754 bits per heavy atom. The van der Waals surface area contributed by atoms with Gasteiger partial charge in [0.25, 0.3) is 11.8 Å². The maximum absolute atomic E-state index is 13.6. The molecule has 3 saturated heterocycles. The molecule has 0 saturated carbocycles. The molecule has 4 aromatic carbocycles. The fourth-order valence-electron chi connectivity index (χ4n) is 10.5. The maximum Gasteiger partial charge on any atom is 0.262 e. The number of aromatic hydroxyl groups is 1. The van der Waals surface area contributed by atoms with Gasteiger partial charge in [0.05, 0.1) is 17.7 Å². The van der Waals surface area contributed by atoms with Crippen LogP contribution in [-0.2, 0) is 33.8 Å². The lowest BCUT2D eigenvalue weighted by atomic mass is 9.69. The van der Waals surface area contributed by atoms with Crippen LogP contribution in [0.3, 0.4) is 0 Å². The summed E-state index contributed by atoms with van der Waals surface area (Å²) in [5, 5.41) is 12.5. The fourth-order valence-corrected chi connectivity index (χ4v) is 10.5. The van der Waals surface area contributed by atoms with Crippen molar-refractivity contribution in [3.8, 4) is 5.75 Å². The van der Waals surface area contributed by atoms with Crippen molar-refractivity contribution in [2.75, 3.05) is 44.2 Å². The Kier molecular flexibility index (Phi) is 8.55. The Hall–Kier alpha value is -5.81. The lowest BCUT2D eigenvalue weighted by molar-refractivity contribution is -0.146. The van der Waals surface area contributed by atoms with Gasteiger partial charge in [0, 0.05) is 56.2 Å². The number of phenols is 1. The van der Waals surface area contributed by atoms with E-state index in [9.17, 15) is 29.1 Å².